The molecule has 7 heteroatoms. The topological polar surface area (TPSA) is 38.1 Å². The Balaban J connectivity index is 1.66. The lowest BCUT2D eigenvalue weighted by atomic mass is 10.1. The molecule has 1 saturated heterocycles. The number of likely N-dealkylation sites (tertiary alicyclic amines) is 1. The fourth-order valence-electron chi connectivity index (χ4n) is 2.90. The minimum absolute atomic E-state index is 0.0951. The van der Waals surface area contributed by atoms with E-state index in [4.69, 9.17) is 0 Å². The molecule has 3 rings (SSSR count). The molecule has 1 atom stereocenters. The fraction of sp³-hybridized carbons (Fsp3) is 0.600. The Morgan fingerprint density at radius 2 is 2.09 bits per heavy atom. The highest BCUT2D eigenvalue weighted by Crippen LogP contribution is 2.40. The molecular weight excluding hydrogens is 308 g/mol. The zero-order chi connectivity index (χ0) is 15.7. The Kier molecular flexibility index (Phi) is 4.52. The molecule has 1 unspecified atom stereocenters. The number of carbonyl (C=O) groups excluding carboxylic acids is 1. The van der Waals surface area contributed by atoms with Crippen molar-refractivity contribution in [3.8, 4) is 0 Å². The number of rotatable bonds is 3. The molecule has 2 aliphatic heterocycles. The van der Waals surface area contributed by atoms with Gasteiger partial charge in [0.15, 0.2) is 0 Å². The molecule has 0 spiro atoms. The number of thioether (sulfide) groups is 1. The summed E-state index contributed by atoms with van der Waals surface area (Å²) in [5, 5.41) is 4.01. The highest BCUT2D eigenvalue weighted by atomic mass is 32.2. The van der Waals surface area contributed by atoms with Crippen molar-refractivity contribution in [2.75, 3.05) is 13.1 Å². The molecule has 0 saturated carbocycles. The number of carbonyl (C=O) groups is 1. The summed E-state index contributed by atoms with van der Waals surface area (Å²) in [5.74, 6) is 0.168. The second kappa shape index (κ2) is 6.40. The van der Waals surface area contributed by atoms with Crippen LogP contribution in [0.4, 0.5) is 8.78 Å². The van der Waals surface area contributed by atoms with Gasteiger partial charge in [0.25, 0.3) is 6.43 Å². The molecule has 0 bridgehead atoms. The Hall–Kier alpha value is -1.37. The van der Waals surface area contributed by atoms with Crippen LogP contribution in [0.2, 0.25) is 0 Å². The maximum Gasteiger partial charge on any atom is 0.280 e. The number of nitrogens with zero attached hydrogens (tertiary/aromatic N) is 3. The number of aromatic nitrogens is 2. The molecule has 0 radical (unpaired) electrons. The van der Waals surface area contributed by atoms with E-state index in [1.807, 2.05) is 11.0 Å². The largest absolute Gasteiger partial charge is 0.342 e. The third-order valence-electron chi connectivity index (χ3n) is 4.12. The Labute approximate surface area is 132 Å². The first kappa shape index (κ1) is 15.5. The van der Waals surface area contributed by atoms with E-state index in [1.54, 1.807) is 0 Å². The van der Waals surface area contributed by atoms with Crippen molar-refractivity contribution in [1.82, 2.24) is 14.7 Å². The van der Waals surface area contributed by atoms with Gasteiger partial charge in [-0.15, -0.1) is 11.8 Å². The molecule has 1 aromatic rings. The summed E-state index contributed by atoms with van der Waals surface area (Å²) in [5.41, 5.74) is 0.444. The van der Waals surface area contributed by atoms with Crippen LogP contribution in [-0.4, -0.2) is 38.9 Å². The Morgan fingerprint density at radius 1 is 1.36 bits per heavy atom. The van der Waals surface area contributed by atoms with Crippen LogP contribution in [0, 0.1) is 0 Å². The molecule has 0 aromatic carbocycles. The van der Waals surface area contributed by atoms with Gasteiger partial charge in [-0.3, -0.25) is 9.48 Å². The van der Waals surface area contributed by atoms with Crippen molar-refractivity contribution in [3.05, 3.63) is 23.5 Å². The molecule has 1 fully saturated rings. The van der Waals surface area contributed by atoms with Gasteiger partial charge in [0.05, 0.1) is 10.9 Å². The number of hydrogen-bond donors (Lipinski definition) is 0. The first-order valence-corrected chi connectivity index (χ1v) is 8.42. The van der Waals surface area contributed by atoms with E-state index < -0.39 is 6.43 Å². The van der Waals surface area contributed by atoms with Gasteiger partial charge in [0.2, 0.25) is 5.91 Å². The van der Waals surface area contributed by atoms with Gasteiger partial charge < -0.3 is 4.90 Å². The van der Waals surface area contributed by atoms with Gasteiger partial charge in [-0.1, -0.05) is 6.08 Å². The minimum atomic E-state index is -2.54. The Bertz CT molecular complexity index is 594. The van der Waals surface area contributed by atoms with Crippen molar-refractivity contribution in [2.45, 2.75) is 37.4 Å². The molecule has 4 nitrogen and oxygen atoms in total. The van der Waals surface area contributed by atoms with E-state index in [2.05, 4.69) is 5.10 Å². The van der Waals surface area contributed by atoms with Crippen LogP contribution in [-0.2, 0) is 11.8 Å². The van der Waals surface area contributed by atoms with E-state index >= 15 is 0 Å². The van der Waals surface area contributed by atoms with Gasteiger partial charge >= 0.3 is 0 Å². The van der Waals surface area contributed by atoms with Crippen molar-refractivity contribution >= 4 is 22.6 Å². The van der Waals surface area contributed by atoms with E-state index in [9.17, 15) is 13.6 Å². The monoisotopic (exact) mass is 327 g/mol. The standard InChI is InChI=1S/C15H19F2N3OS/c1-19-11(14(16)17)9-10(18-19)12-5-6-13(22-12)15(21)20-7-3-2-4-8-20/h5,9,13-14H,2-4,6-8H2,1H3. The summed E-state index contributed by atoms with van der Waals surface area (Å²) in [4.78, 5) is 15.2. The zero-order valence-electron chi connectivity index (χ0n) is 12.5. The number of halogens is 2. The molecule has 0 N–H and O–H groups in total. The number of aryl methyl sites for hydroxylation is 1. The highest BCUT2D eigenvalue weighted by molar-refractivity contribution is 8.09. The van der Waals surface area contributed by atoms with Gasteiger partial charge in [-0.2, -0.15) is 5.10 Å². The molecule has 1 amide bonds. The first-order valence-electron chi connectivity index (χ1n) is 7.54. The van der Waals surface area contributed by atoms with E-state index in [0.717, 1.165) is 30.8 Å². The van der Waals surface area contributed by atoms with Crippen molar-refractivity contribution < 1.29 is 13.6 Å². The number of hydrogen-bond acceptors (Lipinski definition) is 3. The van der Waals surface area contributed by atoms with Crippen LogP contribution in [0.1, 0.15) is 43.5 Å². The maximum atomic E-state index is 12.8. The summed E-state index contributed by atoms with van der Waals surface area (Å²) < 4.78 is 26.9. The lowest BCUT2D eigenvalue weighted by Crippen LogP contribution is -2.40. The van der Waals surface area contributed by atoms with Crippen LogP contribution in [0.3, 0.4) is 0 Å². The third-order valence-corrected chi connectivity index (χ3v) is 5.43. The molecule has 2 aliphatic rings. The van der Waals surface area contributed by atoms with Crippen molar-refractivity contribution in [3.63, 3.8) is 0 Å². The molecule has 0 aliphatic carbocycles. The SMILES string of the molecule is Cn1nc(C2=CCC(C(=O)N3CCCCC3)S2)cc1C(F)F. The zero-order valence-corrected chi connectivity index (χ0v) is 13.3. The van der Waals surface area contributed by atoms with Gasteiger partial charge in [0, 0.05) is 25.0 Å². The van der Waals surface area contributed by atoms with Crippen LogP contribution >= 0.6 is 11.8 Å². The summed E-state index contributed by atoms with van der Waals surface area (Å²) >= 11 is 1.45. The summed E-state index contributed by atoms with van der Waals surface area (Å²) in [6.45, 7) is 1.68. The summed E-state index contributed by atoms with van der Waals surface area (Å²) in [7, 11) is 1.52. The smallest absolute Gasteiger partial charge is 0.280 e. The molecular formula is C15H19F2N3OS. The first-order chi connectivity index (χ1) is 10.6. The lowest BCUT2D eigenvalue weighted by Gasteiger charge is -2.28. The van der Waals surface area contributed by atoms with Crippen LogP contribution < -0.4 is 0 Å². The lowest BCUT2D eigenvalue weighted by molar-refractivity contribution is -0.131. The average Bonchev–Trinajstić information content (AvgIpc) is 3.14. The number of amides is 1. The normalized spacial score (nSPS) is 22.3. The van der Waals surface area contributed by atoms with E-state index in [-0.39, 0.29) is 16.9 Å². The summed E-state index contributed by atoms with van der Waals surface area (Å²) in [6, 6.07) is 1.41. The second-order valence-electron chi connectivity index (χ2n) is 5.68. The second-order valence-corrected chi connectivity index (χ2v) is 6.92. The fourth-order valence-corrected chi connectivity index (χ4v) is 4.07. The average molecular weight is 327 g/mol. The molecule has 1 aromatic heterocycles. The van der Waals surface area contributed by atoms with Gasteiger partial charge in [-0.25, -0.2) is 8.78 Å². The van der Waals surface area contributed by atoms with E-state index in [1.165, 1.54) is 36.0 Å². The summed E-state index contributed by atoms with van der Waals surface area (Å²) in [6.07, 6.45) is 3.38. The highest BCUT2D eigenvalue weighted by Gasteiger charge is 2.31. The van der Waals surface area contributed by atoms with E-state index in [0.29, 0.717) is 12.1 Å². The number of allylic oxidation sites excluding steroid dienone is 1. The predicted octanol–water partition coefficient (Wildman–Crippen LogP) is 3.22. The number of piperidine rings is 1. The molecule has 120 valence electrons. The van der Waals surface area contributed by atoms with Crippen molar-refractivity contribution in [2.24, 2.45) is 7.05 Å². The quantitative estimate of drug-likeness (QED) is 0.855. The Morgan fingerprint density at radius 3 is 2.73 bits per heavy atom. The van der Waals surface area contributed by atoms with Crippen LogP contribution in [0.15, 0.2) is 12.1 Å². The van der Waals surface area contributed by atoms with Crippen molar-refractivity contribution in [1.29, 1.82) is 0 Å². The van der Waals surface area contributed by atoms with Crippen LogP contribution in [0.25, 0.3) is 4.91 Å². The number of alkyl halides is 2. The molecule has 3 heterocycles. The minimum Gasteiger partial charge on any atom is -0.342 e. The molecule has 22 heavy (non-hydrogen) atoms. The third kappa shape index (κ3) is 3.04. The maximum absolute atomic E-state index is 12.8. The van der Waals surface area contributed by atoms with Gasteiger partial charge in [0.1, 0.15) is 5.69 Å². The predicted molar refractivity (Wildman–Crippen MR) is 82.6 cm³/mol. The van der Waals surface area contributed by atoms with Crippen LogP contribution in [0.5, 0.6) is 0 Å². The van der Waals surface area contributed by atoms with Gasteiger partial charge in [-0.05, 0) is 31.7 Å².